The fourth-order valence-corrected chi connectivity index (χ4v) is 1.26. The Morgan fingerprint density at radius 3 is 1.92 bits per heavy atom. The van der Waals surface area contributed by atoms with Gasteiger partial charge in [0, 0.05) is 11.9 Å². The average Bonchev–Trinajstić information content (AvgIpc) is 1.82. The van der Waals surface area contributed by atoms with Gasteiger partial charge in [-0.3, -0.25) is 4.98 Å². The van der Waals surface area contributed by atoms with Gasteiger partial charge in [-0.1, -0.05) is 19.4 Å². The van der Waals surface area contributed by atoms with Gasteiger partial charge in [0.15, 0.2) is 0 Å². The summed E-state index contributed by atoms with van der Waals surface area (Å²) in [5.41, 5.74) is 0.255. The minimum atomic E-state index is -9.51. The number of hydrogen-bond acceptors (Lipinski definition) is 1. The van der Waals surface area contributed by atoms with Crippen LogP contribution in [0, 0.1) is 6.92 Å². The second-order valence-electron chi connectivity index (χ2n) is 2.60. The Balaban J connectivity index is 3.34. The van der Waals surface area contributed by atoms with Crippen LogP contribution in [0.5, 0.6) is 0 Å². The van der Waals surface area contributed by atoms with E-state index in [-0.39, 0.29) is 11.9 Å². The predicted octanol–water partition coefficient (Wildman–Crippen LogP) is 4.05. The second kappa shape index (κ2) is 1.97. The third kappa shape index (κ3) is 2.55. The molecule has 1 aromatic rings. The molecule has 0 spiro atoms. The van der Waals surface area contributed by atoms with Crippen LogP contribution in [0.4, 0.5) is 19.4 Å². The van der Waals surface area contributed by atoms with Crippen LogP contribution in [0.1, 0.15) is 5.69 Å². The summed E-state index contributed by atoms with van der Waals surface area (Å²) >= 11 is 0. The summed E-state index contributed by atoms with van der Waals surface area (Å²) in [6.45, 7) is 1.41. The Morgan fingerprint density at radius 2 is 1.62 bits per heavy atom. The number of pyridine rings is 1. The highest BCUT2D eigenvalue weighted by atomic mass is 32.5. The SMILES string of the molecule is Cc1ccc(S(F)(F)(F)(F)F)cn1. The number of nitrogens with zero attached hydrogens (tertiary/aromatic N) is 1. The molecule has 0 amide bonds. The van der Waals surface area contributed by atoms with Crippen molar-refractivity contribution in [1.82, 2.24) is 4.98 Å². The zero-order chi connectivity index (χ0) is 10.4. The largest absolute Gasteiger partial charge is 0.311 e. The summed E-state index contributed by atoms with van der Waals surface area (Å²) in [4.78, 5) is 1.21. The number of aromatic nitrogens is 1. The van der Waals surface area contributed by atoms with Crippen molar-refractivity contribution in [1.29, 1.82) is 0 Å². The molecule has 0 N–H and O–H groups in total. The van der Waals surface area contributed by atoms with Crippen LogP contribution in [0.15, 0.2) is 23.2 Å². The molecular formula is C6H6F5NS. The molecule has 0 aliphatic rings. The van der Waals surface area contributed by atoms with Crippen LogP contribution in [0.25, 0.3) is 0 Å². The van der Waals surface area contributed by atoms with Gasteiger partial charge in [-0.2, -0.15) is 0 Å². The van der Waals surface area contributed by atoms with Crippen LogP contribution in [0.3, 0.4) is 0 Å². The summed E-state index contributed by atoms with van der Waals surface area (Å²) in [5, 5.41) is 0. The minimum Gasteiger partial charge on any atom is -0.260 e. The van der Waals surface area contributed by atoms with Crippen LogP contribution in [-0.4, -0.2) is 4.98 Å². The lowest BCUT2D eigenvalue weighted by Crippen LogP contribution is -2.06. The number of aryl methyl sites for hydroxylation is 1. The third-order valence-electron chi connectivity index (χ3n) is 1.33. The quantitative estimate of drug-likeness (QED) is 0.649. The second-order valence-corrected chi connectivity index (χ2v) is 5.01. The fraction of sp³-hybridized carbons (Fsp3) is 0.167. The van der Waals surface area contributed by atoms with Crippen LogP contribution >= 0.6 is 10.2 Å². The highest BCUT2D eigenvalue weighted by Gasteiger charge is 2.65. The Labute approximate surface area is 71.3 Å². The molecule has 0 aromatic carbocycles. The maximum Gasteiger partial charge on any atom is 0.311 e. The van der Waals surface area contributed by atoms with Gasteiger partial charge in [0.1, 0.15) is 4.90 Å². The van der Waals surface area contributed by atoms with E-state index in [0.29, 0.717) is 6.07 Å². The molecular weight excluding hydrogens is 213 g/mol. The van der Waals surface area contributed by atoms with Crippen molar-refractivity contribution in [3.8, 4) is 0 Å². The average molecular weight is 219 g/mol. The molecule has 1 aromatic heterocycles. The molecule has 1 heterocycles. The first kappa shape index (κ1) is 10.2. The molecule has 0 aliphatic carbocycles. The van der Waals surface area contributed by atoms with E-state index in [0.717, 1.165) is 6.07 Å². The Morgan fingerprint density at radius 1 is 1.08 bits per heavy atom. The van der Waals surface area contributed by atoms with Gasteiger partial charge in [-0.15, -0.1) is 0 Å². The maximum atomic E-state index is 12.0. The lowest BCUT2D eigenvalue weighted by Gasteiger charge is -2.40. The van der Waals surface area contributed by atoms with Gasteiger partial charge in [-0.05, 0) is 19.1 Å². The van der Waals surface area contributed by atoms with Gasteiger partial charge >= 0.3 is 10.2 Å². The van der Waals surface area contributed by atoms with E-state index < -0.39 is 15.1 Å². The normalized spacial score (nSPS) is 17.7. The Hall–Kier alpha value is -0.850. The van der Waals surface area contributed by atoms with Crippen LogP contribution in [-0.2, 0) is 0 Å². The van der Waals surface area contributed by atoms with E-state index in [9.17, 15) is 19.4 Å². The van der Waals surface area contributed by atoms with Gasteiger partial charge in [-0.25, -0.2) is 0 Å². The summed E-state index contributed by atoms with van der Waals surface area (Å²) in [5.74, 6) is 0. The molecule has 0 fully saturated rings. The number of hydrogen-bond donors (Lipinski definition) is 0. The van der Waals surface area contributed by atoms with Crippen molar-refractivity contribution in [2.24, 2.45) is 0 Å². The first-order chi connectivity index (χ1) is 5.49. The smallest absolute Gasteiger partial charge is 0.260 e. The van der Waals surface area contributed by atoms with E-state index in [1.807, 2.05) is 0 Å². The molecule has 76 valence electrons. The van der Waals surface area contributed by atoms with Crippen molar-refractivity contribution in [2.45, 2.75) is 11.8 Å². The molecule has 0 saturated carbocycles. The van der Waals surface area contributed by atoms with E-state index in [4.69, 9.17) is 0 Å². The number of halogens is 5. The summed E-state index contributed by atoms with van der Waals surface area (Å²) < 4.78 is 60.2. The van der Waals surface area contributed by atoms with E-state index in [2.05, 4.69) is 4.98 Å². The topological polar surface area (TPSA) is 12.9 Å². The molecule has 13 heavy (non-hydrogen) atoms. The molecule has 0 atom stereocenters. The first-order valence-electron chi connectivity index (χ1n) is 3.16. The van der Waals surface area contributed by atoms with Gasteiger partial charge < -0.3 is 0 Å². The number of rotatable bonds is 1. The van der Waals surface area contributed by atoms with E-state index in [1.54, 1.807) is 0 Å². The van der Waals surface area contributed by atoms with Gasteiger partial charge in [0.05, 0.1) is 0 Å². The highest BCUT2D eigenvalue weighted by Crippen LogP contribution is 3.01. The minimum absolute atomic E-state index is 0.150. The van der Waals surface area contributed by atoms with Crippen molar-refractivity contribution in [3.63, 3.8) is 0 Å². The summed E-state index contributed by atoms with van der Waals surface area (Å²) in [6.07, 6.45) is 0.150. The van der Waals surface area contributed by atoms with Crippen LogP contribution in [0.2, 0.25) is 0 Å². The zero-order valence-electron chi connectivity index (χ0n) is 6.48. The molecule has 0 unspecified atom stereocenters. The monoisotopic (exact) mass is 219 g/mol. The van der Waals surface area contributed by atoms with E-state index in [1.165, 1.54) is 6.92 Å². The van der Waals surface area contributed by atoms with Crippen molar-refractivity contribution < 1.29 is 19.4 Å². The molecule has 1 rings (SSSR count). The molecule has 0 radical (unpaired) electrons. The van der Waals surface area contributed by atoms with Gasteiger partial charge in [0.2, 0.25) is 0 Å². The lowest BCUT2D eigenvalue weighted by molar-refractivity contribution is 0.363. The van der Waals surface area contributed by atoms with Crippen LogP contribution < -0.4 is 0 Å². The molecule has 0 bridgehead atoms. The van der Waals surface area contributed by atoms with Gasteiger partial charge in [0.25, 0.3) is 0 Å². The lowest BCUT2D eigenvalue weighted by atomic mass is 10.4. The molecule has 7 heteroatoms. The van der Waals surface area contributed by atoms with Crippen molar-refractivity contribution in [3.05, 3.63) is 24.0 Å². The summed E-state index contributed by atoms with van der Waals surface area (Å²) in [6, 6.07) is 1.23. The highest BCUT2D eigenvalue weighted by molar-refractivity contribution is 8.45. The standard InChI is InChI=1S/C6H6F5NS/c1-5-2-3-6(4-12-5)13(7,8,9,10)11/h2-4H,1H3. The van der Waals surface area contributed by atoms with E-state index >= 15 is 0 Å². The Kier molecular flexibility index (Phi) is 1.55. The first-order valence-corrected chi connectivity index (χ1v) is 5.11. The Bertz CT molecular complexity index is 325. The third-order valence-corrected chi connectivity index (χ3v) is 2.46. The predicted molar refractivity (Wildman–Crippen MR) is 40.4 cm³/mol. The fourth-order valence-electron chi connectivity index (χ4n) is 0.682. The summed E-state index contributed by atoms with van der Waals surface area (Å²) in [7, 11) is -9.51. The molecule has 0 saturated heterocycles. The molecule has 0 aliphatic heterocycles. The van der Waals surface area contributed by atoms with Crippen molar-refractivity contribution >= 4 is 10.2 Å². The maximum absolute atomic E-state index is 12.0. The zero-order valence-corrected chi connectivity index (χ0v) is 7.29. The van der Waals surface area contributed by atoms with Crippen molar-refractivity contribution in [2.75, 3.05) is 0 Å². The molecule has 1 nitrogen and oxygen atoms in total.